The zero-order valence-corrected chi connectivity index (χ0v) is 9.63. The molecule has 2 N–H and O–H groups in total. The molecule has 0 atom stereocenters. The number of phenolic OH excluding ortho intramolecular Hbond substituents is 1. The van der Waals surface area contributed by atoms with Gasteiger partial charge in [-0.1, -0.05) is 23.2 Å². The number of phenols is 1. The number of aromatic amines is 1. The van der Waals surface area contributed by atoms with Gasteiger partial charge < -0.3 is 10.1 Å². The van der Waals surface area contributed by atoms with E-state index in [0.717, 1.165) is 0 Å². The Labute approximate surface area is 102 Å². The topological polar surface area (TPSA) is 48.9 Å². The standard InChI is InChI=1S/C11H8Cl2N2O/c12-8-5-7(11(16)9(13)6-8)1-2-10-14-3-4-15-10/h1-6,16H,(H,14,15). The molecule has 1 heterocycles. The van der Waals surface area contributed by atoms with Gasteiger partial charge in [0.2, 0.25) is 0 Å². The van der Waals surface area contributed by atoms with Gasteiger partial charge >= 0.3 is 0 Å². The van der Waals surface area contributed by atoms with Crippen LogP contribution in [-0.4, -0.2) is 15.1 Å². The van der Waals surface area contributed by atoms with Crippen molar-refractivity contribution in [3.05, 3.63) is 46.0 Å². The highest BCUT2D eigenvalue weighted by atomic mass is 35.5. The number of hydrogen-bond acceptors (Lipinski definition) is 2. The van der Waals surface area contributed by atoms with Crippen molar-refractivity contribution in [2.45, 2.75) is 0 Å². The fraction of sp³-hybridized carbons (Fsp3) is 0. The number of aromatic nitrogens is 2. The summed E-state index contributed by atoms with van der Waals surface area (Å²) in [6, 6.07) is 3.12. The minimum Gasteiger partial charge on any atom is -0.506 e. The molecule has 5 heteroatoms. The lowest BCUT2D eigenvalue weighted by Gasteiger charge is -2.02. The van der Waals surface area contributed by atoms with E-state index in [2.05, 4.69) is 9.97 Å². The van der Waals surface area contributed by atoms with Crippen molar-refractivity contribution >= 4 is 35.4 Å². The Morgan fingerprint density at radius 2 is 2.06 bits per heavy atom. The zero-order chi connectivity index (χ0) is 11.5. The van der Waals surface area contributed by atoms with Crippen LogP contribution >= 0.6 is 23.2 Å². The summed E-state index contributed by atoms with van der Waals surface area (Å²) in [5.41, 5.74) is 0.550. The molecule has 2 aromatic rings. The van der Waals surface area contributed by atoms with Gasteiger partial charge in [0.05, 0.1) is 5.02 Å². The first-order chi connectivity index (χ1) is 7.66. The van der Waals surface area contributed by atoms with Crippen molar-refractivity contribution in [2.24, 2.45) is 0 Å². The predicted octanol–water partition coefficient (Wildman–Crippen LogP) is 3.59. The molecule has 0 amide bonds. The summed E-state index contributed by atoms with van der Waals surface area (Å²) < 4.78 is 0. The summed E-state index contributed by atoms with van der Waals surface area (Å²) in [6.45, 7) is 0. The van der Waals surface area contributed by atoms with Crippen LogP contribution < -0.4 is 0 Å². The number of hydrogen-bond donors (Lipinski definition) is 2. The molecular formula is C11H8Cl2N2O. The van der Waals surface area contributed by atoms with Gasteiger partial charge in [-0.25, -0.2) is 4.98 Å². The SMILES string of the molecule is Oc1c(Cl)cc(Cl)cc1C=Cc1ncc[nH]1. The summed E-state index contributed by atoms with van der Waals surface area (Å²) in [7, 11) is 0. The average Bonchev–Trinajstić information content (AvgIpc) is 2.74. The van der Waals surface area contributed by atoms with E-state index in [0.29, 0.717) is 16.4 Å². The quantitative estimate of drug-likeness (QED) is 0.861. The second-order valence-corrected chi connectivity index (χ2v) is 3.98. The van der Waals surface area contributed by atoms with Crippen LogP contribution in [0.5, 0.6) is 5.75 Å². The number of imidazole rings is 1. The maximum Gasteiger partial charge on any atom is 0.141 e. The molecule has 0 radical (unpaired) electrons. The molecule has 0 saturated carbocycles. The van der Waals surface area contributed by atoms with E-state index in [9.17, 15) is 5.11 Å². The molecular weight excluding hydrogens is 247 g/mol. The lowest BCUT2D eigenvalue weighted by atomic mass is 10.2. The summed E-state index contributed by atoms with van der Waals surface area (Å²) in [4.78, 5) is 6.93. The second kappa shape index (κ2) is 4.60. The van der Waals surface area contributed by atoms with Crippen LogP contribution in [0.1, 0.15) is 11.4 Å². The van der Waals surface area contributed by atoms with Crippen molar-refractivity contribution in [2.75, 3.05) is 0 Å². The number of nitrogens with zero attached hydrogens (tertiary/aromatic N) is 1. The Balaban J connectivity index is 2.34. The first-order valence-corrected chi connectivity index (χ1v) is 5.28. The van der Waals surface area contributed by atoms with Crippen LogP contribution in [0.2, 0.25) is 10.0 Å². The third kappa shape index (κ3) is 2.38. The monoisotopic (exact) mass is 254 g/mol. The number of rotatable bonds is 2. The number of H-pyrrole nitrogens is 1. The largest absolute Gasteiger partial charge is 0.506 e. The summed E-state index contributed by atoms with van der Waals surface area (Å²) in [6.07, 6.45) is 6.77. The molecule has 0 saturated heterocycles. The van der Waals surface area contributed by atoms with E-state index >= 15 is 0 Å². The number of aromatic hydroxyl groups is 1. The molecule has 0 unspecified atom stereocenters. The van der Waals surface area contributed by atoms with Gasteiger partial charge in [0, 0.05) is 23.0 Å². The fourth-order valence-corrected chi connectivity index (χ4v) is 1.76. The number of benzene rings is 1. The van der Waals surface area contributed by atoms with Crippen LogP contribution in [0.15, 0.2) is 24.5 Å². The highest BCUT2D eigenvalue weighted by Crippen LogP contribution is 2.32. The first kappa shape index (κ1) is 11.0. The molecule has 0 aliphatic carbocycles. The van der Waals surface area contributed by atoms with Crippen LogP contribution in [0.4, 0.5) is 0 Å². The maximum absolute atomic E-state index is 9.68. The molecule has 0 aliphatic heterocycles. The molecule has 0 spiro atoms. The normalized spacial score (nSPS) is 11.1. The van der Waals surface area contributed by atoms with Crippen molar-refractivity contribution in [3.8, 4) is 5.75 Å². The third-order valence-corrected chi connectivity index (χ3v) is 2.50. The summed E-state index contributed by atoms with van der Waals surface area (Å²) in [5, 5.41) is 10.4. The van der Waals surface area contributed by atoms with E-state index in [1.807, 2.05) is 0 Å². The Hall–Kier alpha value is -1.45. The molecule has 0 aliphatic rings. The van der Waals surface area contributed by atoms with Crippen LogP contribution in [0.25, 0.3) is 12.2 Å². The van der Waals surface area contributed by atoms with E-state index < -0.39 is 0 Å². The molecule has 3 nitrogen and oxygen atoms in total. The van der Waals surface area contributed by atoms with E-state index in [-0.39, 0.29) is 10.8 Å². The average molecular weight is 255 g/mol. The molecule has 1 aromatic carbocycles. The van der Waals surface area contributed by atoms with Gasteiger partial charge in [0.15, 0.2) is 0 Å². The van der Waals surface area contributed by atoms with Crippen molar-refractivity contribution in [3.63, 3.8) is 0 Å². The molecule has 2 rings (SSSR count). The molecule has 0 fully saturated rings. The summed E-state index contributed by atoms with van der Waals surface area (Å²) in [5.74, 6) is 0.698. The zero-order valence-electron chi connectivity index (χ0n) is 8.11. The van der Waals surface area contributed by atoms with Gasteiger partial charge in [-0.2, -0.15) is 0 Å². The number of nitrogens with one attached hydrogen (secondary N) is 1. The van der Waals surface area contributed by atoms with Gasteiger partial charge in [-0.3, -0.25) is 0 Å². The van der Waals surface area contributed by atoms with Gasteiger partial charge in [0.25, 0.3) is 0 Å². The van der Waals surface area contributed by atoms with Gasteiger partial charge in [0.1, 0.15) is 11.6 Å². The van der Waals surface area contributed by atoms with E-state index in [1.165, 1.54) is 6.07 Å². The Morgan fingerprint density at radius 3 is 2.75 bits per heavy atom. The Bertz CT molecular complexity index is 521. The highest BCUT2D eigenvalue weighted by molar-refractivity contribution is 6.35. The van der Waals surface area contributed by atoms with Crippen LogP contribution in [0.3, 0.4) is 0 Å². The smallest absolute Gasteiger partial charge is 0.141 e. The molecule has 1 aromatic heterocycles. The summed E-state index contributed by atoms with van der Waals surface area (Å²) >= 11 is 11.6. The Kier molecular flexibility index (Phi) is 3.17. The minimum atomic E-state index is 0.00822. The van der Waals surface area contributed by atoms with Crippen LogP contribution in [0, 0.1) is 0 Å². The Morgan fingerprint density at radius 1 is 1.25 bits per heavy atom. The molecule has 16 heavy (non-hydrogen) atoms. The lowest BCUT2D eigenvalue weighted by molar-refractivity contribution is 0.474. The predicted molar refractivity (Wildman–Crippen MR) is 65.6 cm³/mol. The number of halogens is 2. The molecule has 0 bridgehead atoms. The minimum absolute atomic E-state index is 0.00822. The maximum atomic E-state index is 9.68. The van der Waals surface area contributed by atoms with Crippen molar-refractivity contribution in [1.29, 1.82) is 0 Å². The van der Waals surface area contributed by atoms with Gasteiger partial charge in [-0.15, -0.1) is 0 Å². The fourth-order valence-electron chi connectivity index (χ4n) is 1.25. The van der Waals surface area contributed by atoms with Crippen molar-refractivity contribution in [1.82, 2.24) is 9.97 Å². The third-order valence-electron chi connectivity index (χ3n) is 2.00. The first-order valence-electron chi connectivity index (χ1n) is 4.52. The van der Waals surface area contributed by atoms with Crippen LogP contribution in [-0.2, 0) is 0 Å². The lowest BCUT2D eigenvalue weighted by Crippen LogP contribution is -1.78. The van der Waals surface area contributed by atoms with Crippen molar-refractivity contribution < 1.29 is 5.11 Å². The highest BCUT2D eigenvalue weighted by Gasteiger charge is 2.05. The van der Waals surface area contributed by atoms with E-state index in [1.54, 1.807) is 30.6 Å². The second-order valence-electron chi connectivity index (χ2n) is 3.13. The molecule has 82 valence electrons. The van der Waals surface area contributed by atoms with Gasteiger partial charge in [-0.05, 0) is 24.3 Å². The van der Waals surface area contributed by atoms with E-state index in [4.69, 9.17) is 23.2 Å².